The van der Waals surface area contributed by atoms with E-state index in [0.717, 1.165) is 35.0 Å². The molecule has 162 valence electrons. The van der Waals surface area contributed by atoms with Crippen LogP contribution in [0.4, 0.5) is 11.6 Å². The fraction of sp³-hybridized carbons (Fsp3) is 0.261. The lowest BCUT2D eigenvalue weighted by molar-refractivity contribution is -0.116. The number of aromatic nitrogens is 6. The van der Waals surface area contributed by atoms with Gasteiger partial charge in [0.05, 0.1) is 17.3 Å². The van der Waals surface area contributed by atoms with E-state index in [-0.39, 0.29) is 11.9 Å². The molecule has 0 unspecified atom stereocenters. The molecule has 1 fully saturated rings. The van der Waals surface area contributed by atoms with Crippen molar-refractivity contribution in [1.82, 2.24) is 29.7 Å². The van der Waals surface area contributed by atoms with Crippen LogP contribution < -0.4 is 10.1 Å². The second-order valence-electron chi connectivity index (χ2n) is 8.00. The lowest BCUT2D eigenvalue weighted by Crippen LogP contribution is -2.35. The zero-order chi connectivity index (χ0) is 22.1. The number of H-pyrrole nitrogens is 1. The van der Waals surface area contributed by atoms with Crippen LogP contribution in [0.1, 0.15) is 19.3 Å². The maximum Gasteiger partial charge on any atom is 0.232 e. The molecule has 32 heavy (non-hydrogen) atoms. The number of aryl methyl sites for hydroxylation is 1. The fourth-order valence-corrected chi connectivity index (χ4v) is 3.97. The Kier molecular flexibility index (Phi) is 5.14. The molecule has 0 saturated heterocycles. The smallest absolute Gasteiger partial charge is 0.232 e. The highest BCUT2D eigenvalue weighted by Gasteiger charge is 2.33. The van der Waals surface area contributed by atoms with Crippen LogP contribution in [0, 0.1) is 5.92 Å². The van der Waals surface area contributed by atoms with E-state index in [1.54, 1.807) is 23.3 Å². The van der Waals surface area contributed by atoms with Gasteiger partial charge in [-0.25, -0.2) is 0 Å². The number of aromatic amines is 1. The predicted molar refractivity (Wildman–Crippen MR) is 121 cm³/mol. The lowest BCUT2D eigenvalue weighted by atomic mass is 9.79. The molecule has 9 nitrogen and oxygen atoms in total. The van der Waals surface area contributed by atoms with Gasteiger partial charge in [-0.3, -0.25) is 14.5 Å². The number of carbonyl (C=O) groups excluding carboxylic acids is 1. The Hall–Kier alpha value is -4.01. The highest BCUT2D eigenvalue weighted by atomic mass is 16.5. The molecule has 0 spiro atoms. The number of nitrogens with one attached hydrogen (secondary N) is 2. The van der Waals surface area contributed by atoms with Crippen LogP contribution in [0.5, 0.6) is 5.88 Å². The average Bonchev–Trinajstić information content (AvgIpc) is 3.38. The summed E-state index contributed by atoms with van der Waals surface area (Å²) < 4.78 is 8.02. The first kappa shape index (κ1) is 19.9. The minimum absolute atomic E-state index is 0.00129. The number of nitrogens with zero attached hydrogens (tertiary/aromatic N) is 5. The van der Waals surface area contributed by atoms with Crippen LogP contribution in [-0.4, -0.2) is 41.6 Å². The molecule has 4 aromatic rings. The van der Waals surface area contributed by atoms with E-state index in [9.17, 15) is 4.79 Å². The number of ether oxygens (including phenoxy) is 1. The quantitative estimate of drug-likeness (QED) is 0.410. The molecule has 9 heteroatoms. The Morgan fingerprint density at radius 1 is 1.38 bits per heavy atom. The van der Waals surface area contributed by atoms with Gasteiger partial charge in [0.1, 0.15) is 11.8 Å². The van der Waals surface area contributed by atoms with E-state index < -0.39 is 0 Å². The van der Waals surface area contributed by atoms with Gasteiger partial charge in [-0.2, -0.15) is 15.1 Å². The molecule has 0 aliphatic heterocycles. The van der Waals surface area contributed by atoms with Gasteiger partial charge in [0.25, 0.3) is 0 Å². The molecule has 4 heterocycles. The SMILES string of the molecule is C=CC(=O)CC1CC(Oc2nc(Nc3cnn(C)c3)nc3[nH]cc(-c4cccnc4)c23)C1. The zero-order valence-corrected chi connectivity index (χ0v) is 17.7. The van der Waals surface area contributed by atoms with Crippen molar-refractivity contribution in [3.05, 3.63) is 55.8 Å². The Morgan fingerprint density at radius 3 is 2.97 bits per heavy atom. The normalized spacial score (nSPS) is 17.7. The molecule has 0 atom stereocenters. The molecule has 0 aromatic carbocycles. The maximum absolute atomic E-state index is 11.6. The number of anilines is 2. The first-order valence-electron chi connectivity index (χ1n) is 10.5. The van der Waals surface area contributed by atoms with E-state index in [1.165, 1.54) is 6.08 Å². The van der Waals surface area contributed by atoms with Gasteiger partial charge in [0, 0.05) is 49.4 Å². The van der Waals surface area contributed by atoms with E-state index in [4.69, 9.17) is 4.74 Å². The second kappa shape index (κ2) is 8.26. The van der Waals surface area contributed by atoms with Crippen LogP contribution in [0.15, 0.2) is 55.8 Å². The van der Waals surface area contributed by atoms with E-state index in [1.807, 2.05) is 31.6 Å². The molecule has 1 aliphatic rings. The zero-order valence-electron chi connectivity index (χ0n) is 17.7. The maximum atomic E-state index is 11.6. The summed E-state index contributed by atoms with van der Waals surface area (Å²) >= 11 is 0. The number of fused-ring (bicyclic) bond motifs is 1. The fourth-order valence-electron chi connectivity index (χ4n) is 3.97. The lowest BCUT2D eigenvalue weighted by Gasteiger charge is -2.34. The van der Waals surface area contributed by atoms with Crippen molar-refractivity contribution in [2.45, 2.75) is 25.4 Å². The molecular weight excluding hydrogens is 406 g/mol. The summed E-state index contributed by atoms with van der Waals surface area (Å²) in [4.78, 5) is 28.4. The van der Waals surface area contributed by atoms with E-state index >= 15 is 0 Å². The van der Waals surface area contributed by atoms with Gasteiger partial charge < -0.3 is 15.0 Å². The van der Waals surface area contributed by atoms with Crippen LogP contribution in [0.3, 0.4) is 0 Å². The molecule has 2 N–H and O–H groups in total. The Bertz CT molecular complexity index is 1270. The first-order valence-corrected chi connectivity index (χ1v) is 10.5. The highest BCUT2D eigenvalue weighted by molar-refractivity contribution is 5.97. The van der Waals surface area contributed by atoms with Crippen molar-refractivity contribution in [2.75, 3.05) is 5.32 Å². The molecule has 1 saturated carbocycles. The second-order valence-corrected chi connectivity index (χ2v) is 8.00. The third-order valence-corrected chi connectivity index (χ3v) is 5.62. The molecule has 5 rings (SSSR count). The largest absolute Gasteiger partial charge is 0.474 e. The monoisotopic (exact) mass is 429 g/mol. The van der Waals surface area contributed by atoms with Crippen molar-refractivity contribution in [1.29, 1.82) is 0 Å². The summed E-state index contributed by atoms with van der Waals surface area (Å²) in [6.45, 7) is 3.55. The van der Waals surface area contributed by atoms with Gasteiger partial charge >= 0.3 is 0 Å². The molecule has 0 radical (unpaired) electrons. The van der Waals surface area contributed by atoms with Crippen LogP contribution >= 0.6 is 0 Å². The van der Waals surface area contributed by atoms with Crippen molar-refractivity contribution < 1.29 is 9.53 Å². The Morgan fingerprint density at radius 2 is 2.25 bits per heavy atom. The summed E-state index contributed by atoms with van der Waals surface area (Å²) in [5, 5.41) is 8.16. The van der Waals surface area contributed by atoms with Crippen molar-refractivity contribution >= 4 is 28.5 Å². The summed E-state index contributed by atoms with van der Waals surface area (Å²) in [6, 6.07) is 3.88. The number of hydrogen-bond acceptors (Lipinski definition) is 7. The van der Waals surface area contributed by atoms with Gasteiger partial charge in [-0.15, -0.1) is 0 Å². The van der Waals surface area contributed by atoms with Gasteiger partial charge in [-0.1, -0.05) is 12.6 Å². The number of pyridine rings is 1. The molecule has 1 aliphatic carbocycles. The number of carbonyl (C=O) groups is 1. The highest BCUT2D eigenvalue weighted by Crippen LogP contribution is 2.39. The minimum Gasteiger partial charge on any atom is -0.474 e. The number of rotatable bonds is 8. The van der Waals surface area contributed by atoms with Gasteiger partial charge in [-0.05, 0) is 30.9 Å². The standard InChI is InChI=1S/C23H23N7O2/c1-3-17(31)7-14-8-18(9-14)32-22-20-19(15-5-4-6-24-10-15)12-25-21(20)28-23(29-22)27-16-11-26-30(2)13-16/h3-6,10-14,18H,1,7-9H2,2H3,(H2,25,27,28,29). The number of ketones is 1. The predicted octanol–water partition coefficient (Wildman–Crippen LogP) is 3.80. The van der Waals surface area contributed by atoms with Gasteiger partial charge in [0.15, 0.2) is 5.78 Å². The third-order valence-electron chi connectivity index (χ3n) is 5.62. The Balaban J connectivity index is 1.47. The van der Waals surface area contributed by atoms with E-state index in [0.29, 0.717) is 29.8 Å². The molecule has 4 aromatic heterocycles. The van der Waals surface area contributed by atoms with Crippen LogP contribution in [0.2, 0.25) is 0 Å². The minimum atomic E-state index is -0.00129. The molecular formula is C23H23N7O2. The van der Waals surface area contributed by atoms with Crippen LogP contribution in [0.25, 0.3) is 22.2 Å². The van der Waals surface area contributed by atoms with Gasteiger partial charge in [0.2, 0.25) is 11.8 Å². The summed E-state index contributed by atoms with van der Waals surface area (Å²) in [7, 11) is 1.85. The first-order chi connectivity index (χ1) is 15.6. The van der Waals surface area contributed by atoms with Crippen molar-refractivity contribution in [3.63, 3.8) is 0 Å². The molecule has 0 bridgehead atoms. The summed E-state index contributed by atoms with van der Waals surface area (Å²) in [5.41, 5.74) is 3.32. The topological polar surface area (TPSA) is 111 Å². The van der Waals surface area contributed by atoms with Crippen molar-refractivity contribution in [2.24, 2.45) is 13.0 Å². The average molecular weight is 429 g/mol. The number of allylic oxidation sites excluding steroid dienone is 1. The summed E-state index contributed by atoms with van der Waals surface area (Å²) in [5.74, 6) is 1.31. The van der Waals surface area contributed by atoms with Crippen LogP contribution in [-0.2, 0) is 11.8 Å². The Labute approximate surface area is 184 Å². The molecule has 0 amide bonds. The van der Waals surface area contributed by atoms with E-state index in [2.05, 4.69) is 36.9 Å². The number of hydrogen-bond donors (Lipinski definition) is 2. The van der Waals surface area contributed by atoms with Crippen molar-refractivity contribution in [3.8, 4) is 17.0 Å². The third kappa shape index (κ3) is 3.96. The summed E-state index contributed by atoms with van der Waals surface area (Å²) in [6.07, 6.45) is 12.5.